The first-order chi connectivity index (χ1) is 8.45. The average molecular weight is 292 g/mol. The van der Waals surface area contributed by atoms with Gasteiger partial charge in [-0.25, -0.2) is 13.1 Å². The Labute approximate surface area is 110 Å². The Morgan fingerprint density at radius 3 is 2.72 bits per heavy atom. The minimum Gasteiger partial charge on any atom is -0.481 e. The van der Waals surface area contributed by atoms with Gasteiger partial charge < -0.3 is 10.4 Å². The van der Waals surface area contributed by atoms with Crippen LogP contribution in [0.5, 0.6) is 0 Å². The fourth-order valence-corrected chi connectivity index (χ4v) is 3.76. The van der Waals surface area contributed by atoms with E-state index in [1.54, 1.807) is 7.05 Å². The summed E-state index contributed by atoms with van der Waals surface area (Å²) >= 11 is 0.985. The van der Waals surface area contributed by atoms with Crippen molar-refractivity contribution in [1.82, 2.24) is 10.0 Å². The van der Waals surface area contributed by atoms with Crippen molar-refractivity contribution in [1.29, 1.82) is 0 Å². The van der Waals surface area contributed by atoms with E-state index >= 15 is 0 Å². The van der Waals surface area contributed by atoms with Crippen LogP contribution in [0, 0.1) is 0 Å². The minimum atomic E-state index is -3.51. The van der Waals surface area contributed by atoms with Gasteiger partial charge in [-0.05, 0) is 32.1 Å². The number of carboxylic acid groups (broad SMARTS) is 1. The highest BCUT2D eigenvalue weighted by molar-refractivity contribution is 7.91. The van der Waals surface area contributed by atoms with Crippen LogP contribution in [0.1, 0.15) is 11.3 Å². The topological polar surface area (TPSA) is 95.5 Å². The SMILES string of the molecule is CNCCCNS(=O)(=O)c1ccc(CC(=O)O)s1. The van der Waals surface area contributed by atoms with Crippen LogP contribution in [0.2, 0.25) is 0 Å². The second-order valence-corrected chi connectivity index (χ2v) is 6.81. The van der Waals surface area contributed by atoms with Crippen molar-refractivity contribution in [3.63, 3.8) is 0 Å². The number of aliphatic carboxylic acids is 1. The highest BCUT2D eigenvalue weighted by Gasteiger charge is 2.16. The first-order valence-corrected chi connectivity index (χ1v) is 7.70. The van der Waals surface area contributed by atoms with E-state index in [-0.39, 0.29) is 10.6 Å². The summed E-state index contributed by atoms with van der Waals surface area (Å²) in [5.74, 6) is -0.970. The third-order valence-electron chi connectivity index (χ3n) is 2.12. The molecule has 0 fully saturated rings. The summed E-state index contributed by atoms with van der Waals surface area (Å²) in [6.07, 6.45) is 0.545. The van der Waals surface area contributed by atoms with Crippen molar-refractivity contribution in [2.24, 2.45) is 0 Å². The molecule has 0 bridgehead atoms. The smallest absolute Gasteiger partial charge is 0.308 e. The summed E-state index contributed by atoms with van der Waals surface area (Å²) in [7, 11) is -1.71. The summed E-state index contributed by atoms with van der Waals surface area (Å²) < 4.78 is 26.3. The molecule has 0 unspecified atom stereocenters. The first-order valence-electron chi connectivity index (χ1n) is 5.40. The molecule has 1 aromatic rings. The van der Waals surface area contributed by atoms with Crippen LogP contribution in [0.4, 0.5) is 0 Å². The molecule has 1 aromatic heterocycles. The van der Waals surface area contributed by atoms with E-state index in [2.05, 4.69) is 10.0 Å². The van der Waals surface area contributed by atoms with Crippen LogP contribution in [0.15, 0.2) is 16.3 Å². The fraction of sp³-hybridized carbons (Fsp3) is 0.500. The molecule has 6 nitrogen and oxygen atoms in total. The lowest BCUT2D eigenvalue weighted by Crippen LogP contribution is -2.26. The summed E-state index contributed by atoms with van der Waals surface area (Å²) in [4.78, 5) is 11.0. The van der Waals surface area contributed by atoms with Gasteiger partial charge in [-0.2, -0.15) is 0 Å². The minimum absolute atomic E-state index is 0.153. The van der Waals surface area contributed by atoms with Gasteiger partial charge >= 0.3 is 5.97 Å². The van der Waals surface area contributed by atoms with Gasteiger partial charge in [0.1, 0.15) is 4.21 Å². The molecular formula is C10H16N2O4S2. The van der Waals surface area contributed by atoms with Gasteiger partial charge in [-0.1, -0.05) is 0 Å². The summed E-state index contributed by atoms with van der Waals surface area (Å²) in [6, 6.07) is 2.96. The predicted octanol–water partition coefficient (Wildman–Crippen LogP) is 0.263. The van der Waals surface area contributed by atoms with E-state index in [0.717, 1.165) is 17.9 Å². The van der Waals surface area contributed by atoms with Crippen LogP contribution >= 0.6 is 11.3 Å². The van der Waals surface area contributed by atoms with Gasteiger partial charge in [-0.3, -0.25) is 4.79 Å². The summed E-state index contributed by atoms with van der Waals surface area (Å²) in [6.45, 7) is 1.09. The lowest BCUT2D eigenvalue weighted by atomic mass is 10.3. The third-order valence-corrected chi connectivity index (χ3v) is 5.16. The van der Waals surface area contributed by atoms with Gasteiger partial charge in [0.05, 0.1) is 6.42 Å². The lowest BCUT2D eigenvalue weighted by Gasteiger charge is -2.03. The number of thiophene rings is 1. The maximum atomic E-state index is 11.8. The number of sulfonamides is 1. The molecule has 0 aliphatic carbocycles. The molecule has 0 spiro atoms. The number of hydrogen-bond acceptors (Lipinski definition) is 5. The Kier molecular flexibility index (Phi) is 5.73. The van der Waals surface area contributed by atoms with Crippen molar-refractivity contribution in [3.05, 3.63) is 17.0 Å². The molecular weight excluding hydrogens is 276 g/mol. The molecule has 102 valence electrons. The molecule has 3 N–H and O–H groups in total. The molecule has 8 heteroatoms. The highest BCUT2D eigenvalue weighted by atomic mass is 32.2. The monoisotopic (exact) mass is 292 g/mol. The van der Waals surface area contributed by atoms with Crippen LogP contribution in [-0.2, 0) is 21.2 Å². The summed E-state index contributed by atoms with van der Waals surface area (Å²) in [5, 5.41) is 11.5. The third kappa shape index (κ3) is 4.73. The molecule has 0 aliphatic rings. The second kappa shape index (κ2) is 6.83. The molecule has 0 amide bonds. The van der Waals surface area contributed by atoms with Gasteiger partial charge in [0.2, 0.25) is 10.0 Å². The van der Waals surface area contributed by atoms with Crippen molar-refractivity contribution in [3.8, 4) is 0 Å². The molecule has 1 heterocycles. The average Bonchev–Trinajstić information content (AvgIpc) is 2.73. The van der Waals surface area contributed by atoms with Gasteiger partial charge in [0.25, 0.3) is 0 Å². The zero-order valence-electron chi connectivity index (χ0n) is 9.97. The lowest BCUT2D eigenvalue weighted by molar-refractivity contribution is -0.136. The van der Waals surface area contributed by atoms with Gasteiger partial charge in [0.15, 0.2) is 0 Å². The van der Waals surface area contributed by atoms with Crippen molar-refractivity contribution >= 4 is 27.3 Å². The van der Waals surface area contributed by atoms with E-state index in [9.17, 15) is 13.2 Å². The maximum absolute atomic E-state index is 11.8. The number of nitrogens with one attached hydrogen (secondary N) is 2. The molecule has 0 aliphatic heterocycles. The van der Waals surface area contributed by atoms with E-state index in [1.165, 1.54) is 12.1 Å². The van der Waals surface area contributed by atoms with E-state index in [4.69, 9.17) is 5.11 Å². The predicted molar refractivity (Wildman–Crippen MR) is 69.4 cm³/mol. The Balaban J connectivity index is 2.61. The molecule has 0 radical (unpaired) electrons. The normalized spacial score (nSPS) is 11.6. The molecule has 0 saturated carbocycles. The number of hydrogen-bond donors (Lipinski definition) is 3. The molecule has 18 heavy (non-hydrogen) atoms. The van der Waals surface area contributed by atoms with Gasteiger partial charge in [0, 0.05) is 11.4 Å². The van der Waals surface area contributed by atoms with Crippen LogP contribution in [-0.4, -0.2) is 39.6 Å². The van der Waals surface area contributed by atoms with E-state index in [1.807, 2.05) is 0 Å². The second-order valence-electron chi connectivity index (χ2n) is 3.65. The standard InChI is InChI=1S/C10H16N2O4S2/c1-11-5-2-6-12-18(15,16)10-4-3-8(17-10)7-9(13)14/h3-4,11-12H,2,5-7H2,1H3,(H,13,14). The molecule has 1 rings (SSSR count). The van der Waals surface area contributed by atoms with Crippen molar-refractivity contribution in [2.75, 3.05) is 20.1 Å². The first kappa shape index (κ1) is 15.1. The molecule has 0 saturated heterocycles. The number of carboxylic acids is 1. The van der Waals surface area contributed by atoms with Crippen LogP contribution < -0.4 is 10.0 Å². The Morgan fingerprint density at radius 2 is 2.11 bits per heavy atom. The van der Waals surface area contributed by atoms with E-state index < -0.39 is 16.0 Å². The quantitative estimate of drug-likeness (QED) is 0.598. The number of carbonyl (C=O) groups is 1. The van der Waals surface area contributed by atoms with Crippen LogP contribution in [0.3, 0.4) is 0 Å². The zero-order chi connectivity index (χ0) is 13.6. The van der Waals surface area contributed by atoms with Crippen molar-refractivity contribution in [2.45, 2.75) is 17.1 Å². The highest BCUT2D eigenvalue weighted by Crippen LogP contribution is 2.21. The Hall–Kier alpha value is -0.960. The van der Waals surface area contributed by atoms with Gasteiger partial charge in [-0.15, -0.1) is 11.3 Å². The molecule has 0 aromatic carbocycles. The Morgan fingerprint density at radius 1 is 1.39 bits per heavy atom. The molecule has 0 atom stereocenters. The number of rotatable bonds is 8. The largest absolute Gasteiger partial charge is 0.481 e. The summed E-state index contributed by atoms with van der Waals surface area (Å²) in [5.41, 5.74) is 0. The Bertz CT molecular complexity index is 496. The fourth-order valence-electron chi connectivity index (χ4n) is 1.29. The van der Waals surface area contributed by atoms with Crippen LogP contribution in [0.25, 0.3) is 0 Å². The maximum Gasteiger partial charge on any atom is 0.308 e. The zero-order valence-corrected chi connectivity index (χ0v) is 11.6. The van der Waals surface area contributed by atoms with Crippen molar-refractivity contribution < 1.29 is 18.3 Å². The van der Waals surface area contributed by atoms with E-state index in [0.29, 0.717) is 17.8 Å².